The smallest absolute Gasteiger partial charge is 0.254 e. The second-order valence-electron chi connectivity index (χ2n) is 4.39. The Balaban J connectivity index is 2.71. The summed E-state index contributed by atoms with van der Waals surface area (Å²) in [5, 5.41) is 3.28. The van der Waals surface area contributed by atoms with Crippen LogP contribution in [0.15, 0.2) is 16.9 Å². The molecule has 1 aromatic heterocycles. The molecule has 0 saturated heterocycles. The zero-order chi connectivity index (χ0) is 11.4. The monoisotopic (exact) mass is 208 g/mol. The van der Waals surface area contributed by atoms with Crippen molar-refractivity contribution in [3.8, 4) is 0 Å². The summed E-state index contributed by atoms with van der Waals surface area (Å²) in [7, 11) is 1.81. The summed E-state index contributed by atoms with van der Waals surface area (Å²) in [4.78, 5) is 11.8. The van der Waals surface area contributed by atoms with Gasteiger partial charge in [-0.2, -0.15) is 0 Å². The van der Waals surface area contributed by atoms with Crippen LogP contribution in [0.4, 0.5) is 0 Å². The predicted octanol–water partition coefficient (Wildman–Crippen LogP) is 1.44. The molecule has 0 aliphatic carbocycles. The predicted molar refractivity (Wildman–Crippen MR) is 63.0 cm³/mol. The molecule has 84 valence electrons. The second kappa shape index (κ2) is 5.12. The highest BCUT2D eigenvalue weighted by atomic mass is 16.1. The van der Waals surface area contributed by atoms with Crippen LogP contribution in [0.5, 0.6) is 0 Å². The number of aryl methyl sites for hydroxylation is 1. The van der Waals surface area contributed by atoms with Gasteiger partial charge >= 0.3 is 0 Å². The van der Waals surface area contributed by atoms with Crippen LogP contribution in [0.2, 0.25) is 0 Å². The number of hydrogen-bond donors (Lipinski definition) is 1. The summed E-state index contributed by atoms with van der Waals surface area (Å²) in [5.41, 5.74) is 1.93. The summed E-state index contributed by atoms with van der Waals surface area (Å²) in [6.45, 7) is 7.84. The minimum absolute atomic E-state index is 0.103. The van der Waals surface area contributed by atoms with Gasteiger partial charge in [0.2, 0.25) is 0 Å². The molecular formula is C12H20N2O. The van der Waals surface area contributed by atoms with Crippen molar-refractivity contribution >= 4 is 0 Å². The van der Waals surface area contributed by atoms with Crippen molar-refractivity contribution < 1.29 is 0 Å². The Hall–Kier alpha value is -1.09. The van der Waals surface area contributed by atoms with Crippen molar-refractivity contribution in [3.63, 3.8) is 0 Å². The van der Waals surface area contributed by atoms with Crippen LogP contribution < -0.4 is 10.9 Å². The maximum absolute atomic E-state index is 11.8. The molecule has 0 fully saturated rings. The van der Waals surface area contributed by atoms with Gasteiger partial charge in [-0.15, -0.1) is 0 Å². The van der Waals surface area contributed by atoms with Gasteiger partial charge in [0.15, 0.2) is 0 Å². The van der Waals surface area contributed by atoms with Gasteiger partial charge in [-0.05, 0) is 25.5 Å². The van der Waals surface area contributed by atoms with Gasteiger partial charge in [0.05, 0.1) is 0 Å². The summed E-state index contributed by atoms with van der Waals surface area (Å²) in [6, 6.07) is 3.89. The Morgan fingerprint density at radius 1 is 1.40 bits per heavy atom. The first-order chi connectivity index (χ1) is 7.02. The fraction of sp³-hybridized carbons (Fsp3) is 0.583. The van der Waals surface area contributed by atoms with E-state index in [1.165, 1.54) is 0 Å². The Kier molecular flexibility index (Phi) is 4.09. The van der Waals surface area contributed by atoms with Crippen LogP contribution in [0.1, 0.15) is 25.1 Å². The van der Waals surface area contributed by atoms with Crippen molar-refractivity contribution in [1.29, 1.82) is 0 Å². The summed E-state index contributed by atoms with van der Waals surface area (Å²) >= 11 is 0. The third-order valence-corrected chi connectivity index (χ3v) is 2.50. The van der Waals surface area contributed by atoms with E-state index in [-0.39, 0.29) is 5.56 Å². The average molecular weight is 208 g/mol. The number of aromatic nitrogens is 1. The minimum atomic E-state index is 0.103. The normalized spacial score (nSPS) is 11.0. The lowest BCUT2D eigenvalue weighted by Crippen LogP contribution is -2.28. The molecule has 15 heavy (non-hydrogen) atoms. The Labute approximate surface area is 91.1 Å². The summed E-state index contributed by atoms with van der Waals surface area (Å²) in [5.74, 6) is 0.610. The number of pyridine rings is 1. The molecule has 0 aromatic carbocycles. The van der Waals surface area contributed by atoms with Crippen LogP contribution in [-0.2, 0) is 13.6 Å². The van der Waals surface area contributed by atoms with Crippen molar-refractivity contribution in [2.75, 3.05) is 6.54 Å². The Morgan fingerprint density at radius 3 is 2.67 bits per heavy atom. The highest BCUT2D eigenvalue weighted by molar-refractivity contribution is 5.14. The second-order valence-corrected chi connectivity index (χ2v) is 4.39. The largest absolute Gasteiger partial charge is 0.316 e. The van der Waals surface area contributed by atoms with E-state index < -0.39 is 0 Å². The maximum atomic E-state index is 11.8. The molecule has 0 aliphatic heterocycles. The van der Waals surface area contributed by atoms with Gasteiger partial charge in [0, 0.05) is 24.8 Å². The van der Waals surface area contributed by atoms with Crippen LogP contribution in [0, 0.1) is 12.8 Å². The highest BCUT2D eigenvalue weighted by Crippen LogP contribution is 1.97. The van der Waals surface area contributed by atoms with Gasteiger partial charge in [-0.3, -0.25) is 4.79 Å². The van der Waals surface area contributed by atoms with E-state index in [9.17, 15) is 4.79 Å². The van der Waals surface area contributed by atoms with E-state index in [1.54, 1.807) is 4.57 Å². The molecule has 1 heterocycles. The molecular weight excluding hydrogens is 188 g/mol. The third-order valence-electron chi connectivity index (χ3n) is 2.50. The number of nitrogens with one attached hydrogen (secondary N) is 1. The molecule has 1 aromatic rings. The lowest BCUT2D eigenvalue weighted by molar-refractivity contribution is 0.549. The zero-order valence-electron chi connectivity index (χ0n) is 10.0. The van der Waals surface area contributed by atoms with Crippen LogP contribution in [0.3, 0.4) is 0 Å². The molecule has 0 amide bonds. The van der Waals surface area contributed by atoms with E-state index >= 15 is 0 Å². The molecule has 0 bridgehead atoms. The molecule has 0 atom stereocenters. The first-order valence-electron chi connectivity index (χ1n) is 5.38. The number of hydrogen-bond acceptors (Lipinski definition) is 2. The standard InChI is InChI=1S/C12H20N2O/c1-9(2)7-13-8-11-6-5-10(3)14(4)12(11)15/h5-6,9,13H,7-8H2,1-4H3. The van der Waals surface area contributed by atoms with Gasteiger partial charge in [-0.1, -0.05) is 19.9 Å². The van der Waals surface area contributed by atoms with Gasteiger partial charge in [0.1, 0.15) is 0 Å². The van der Waals surface area contributed by atoms with Gasteiger partial charge in [-0.25, -0.2) is 0 Å². The zero-order valence-corrected chi connectivity index (χ0v) is 10.0. The molecule has 1 N–H and O–H groups in total. The molecule has 0 radical (unpaired) electrons. The SMILES string of the molecule is Cc1ccc(CNCC(C)C)c(=O)n1C. The van der Waals surface area contributed by atoms with E-state index in [1.807, 2.05) is 26.1 Å². The average Bonchev–Trinajstić information content (AvgIpc) is 2.18. The van der Waals surface area contributed by atoms with Crippen molar-refractivity contribution in [2.45, 2.75) is 27.3 Å². The summed E-state index contributed by atoms with van der Waals surface area (Å²) in [6.07, 6.45) is 0. The fourth-order valence-corrected chi connectivity index (χ4v) is 1.41. The van der Waals surface area contributed by atoms with Gasteiger partial charge < -0.3 is 9.88 Å². The molecule has 0 spiro atoms. The first kappa shape index (κ1) is 12.0. The van der Waals surface area contributed by atoms with E-state index in [0.717, 1.165) is 17.8 Å². The lowest BCUT2D eigenvalue weighted by Gasteiger charge is -2.09. The minimum Gasteiger partial charge on any atom is -0.316 e. The summed E-state index contributed by atoms with van der Waals surface area (Å²) < 4.78 is 1.69. The molecule has 0 aliphatic rings. The lowest BCUT2D eigenvalue weighted by atomic mass is 10.2. The quantitative estimate of drug-likeness (QED) is 0.812. The van der Waals surface area contributed by atoms with Crippen LogP contribution in [-0.4, -0.2) is 11.1 Å². The fourth-order valence-electron chi connectivity index (χ4n) is 1.41. The van der Waals surface area contributed by atoms with Crippen LogP contribution >= 0.6 is 0 Å². The van der Waals surface area contributed by atoms with E-state index in [0.29, 0.717) is 12.5 Å². The van der Waals surface area contributed by atoms with Crippen LogP contribution in [0.25, 0.3) is 0 Å². The topological polar surface area (TPSA) is 34.0 Å². The molecule has 3 heteroatoms. The number of rotatable bonds is 4. The highest BCUT2D eigenvalue weighted by Gasteiger charge is 2.02. The molecule has 0 saturated carbocycles. The van der Waals surface area contributed by atoms with Crippen molar-refractivity contribution in [1.82, 2.24) is 9.88 Å². The first-order valence-corrected chi connectivity index (χ1v) is 5.38. The van der Waals surface area contributed by atoms with Crippen molar-refractivity contribution in [2.24, 2.45) is 13.0 Å². The molecule has 1 rings (SSSR count). The van der Waals surface area contributed by atoms with Gasteiger partial charge in [0.25, 0.3) is 5.56 Å². The Morgan fingerprint density at radius 2 is 2.07 bits per heavy atom. The van der Waals surface area contributed by atoms with E-state index in [2.05, 4.69) is 19.2 Å². The van der Waals surface area contributed by atoms with E-state index in [4.69, 9.17) is 0 Å². The molecule has 3 nitrogen and oxygen atoms in total. The Bertz CT molecular complexity index is 380. The third kappa shape index (κ3) is 3.20. The molecule has 0 unspecified atom stereocenters. The maximum Gasteiger partial charge on any atom is 0.254 e. The van der Waals surface area contributed by atoms with Crippen molar-refractivity contribution in [3.05, 3.63) is 33.7 Å². The number of nitrogens with zero attached hydrogens (tertiary/aromatic N) is 1.